The molecule has 2 aromatic carbocycles. The Hall–Kier alpha value is -1.94. The van der Waals surface area contributed by atoms with E-state index in [1.54, 1.807) is 7.11 Å². The van der Waals surface area contributed by atoms with Crippen LogP contribution in [0.15, 0.2) is 54.6 Å². The standard InChI is InChI=1S/C23H30O3S/c1-4-17(2)22(27-16-19-10-12-21(26-3)13-11-19)15-20(23(24)25)14-18-8-6-5-7-9-18/h5-13,17,20,22H,4,14-16H2,1-3H3,(H,24,25). The maximum absolute atomic E-state index is 11.9. The number of aliphatic carboxylic acids is 1. The van der Waals surface area contributed by atoms with Gasteiger partial charge in [0.15, 0.2) is 0 Å². The Morgan fingerprint density at radius 1 is 1.07 bits per heavy atom. The van der Waals surface area contributed by atoms with E-state index >= 15 is 0 Å². The third-order valence-electron chi connectivity index (χ3n) is 5.09. The Morgan fingerprint density at radius 2 is 1.74 bits per heavy atom. The van der Waals surface area contributed by atoms with Crippen molar-refractivity contribution in [3.63, 3.8) is 0 Å². The summed E-state index contributed by atoms with van der Waals surface area (Å²) in [6, 6.07) is 18.0. The van der Waals surface area contributed by atoms with E-state index in [4.69, 9.17) is 4.74 Å². The number of carbonyl (C=O) groups is 1. The van der Waals surface area contributed by atoms with Crippen LogP contribution in [0, 0.1) is 11.8 Å². The lowest BCUT2D eigenvalue weighted by Crippen LogP contribution is -2.25. The smallest absolute Gasteiger partial charge is 0.306 e. The van der Waals surface area contributed by atoms with Crippen LogP contribution in [0.25, 0.3) is 0 Å². The Kier molecular flexibility index (Phi) is 8.73. The summed E-state index contributed by atoms with van der Waals surface area (Å²) in [4.78, 5) is 11.9. The van der Waals surface area contributed by atoms with Crippen molar-refractivity contribution in [1.29, 1.82) is 0 Å². The lowest BCUT2D eigenvalue weighted by Gasteiger charge is -2.26. The minimum absolute atomic E-state index is 0.321. The summed E-state index contributed by atoms with van der Waals surface area (Å²) in [7, 11) is 1.67. The van der Waals surface area contributed by atoms with E-state index in [1.807, 2.05) is 54.2 Å². The summed E-state index contributed by atoms with van der Waals surface area (Å²) in [6.07, 6.45) is 2.34. The van der Waals surface area contributed by atoms with Gasteiger partial charge < -0.3 is 9.84 Å². The number of carboxylic acids is 1. The zero-order valence-corrected chi connectivity index (χ0v) is 17.2. The minimum Gasteiger partial charge on any atom is -0.497 e. The molecule has 3 unspecified atom stereocenters. The summed E-state index contributed by atoms with van der Waals surface area (Å²) >= 11 is 1.87. The van der Waals surface area contributed by atoms with Crippen LogP contribution in [-0.2, 0) is 17.0 Å². The van der Waals surface area contributed by atoms with E-state index in [-0.39, 0.29) is 5.92 Å². The van der Waals surface area contributed by atoms with Crippen LogP contribution < -0.4 is 4.74 Å². The van der Waals surface area contributed by atoms with E-state index in [0.29, 0.717) is 24.0 Å². The Balaban J connectivity index is 2.03. The number of hydrogen-bond donors (Lipinski definition) is 1. The van der Waals surface area contributed by atoms with Gasteiger partial charge in [-0.2, -0.15) is 11.8 Å². The minimum atomic E-state index is -0.697. The van der Waals surface area contributed by atoms with Crippen LogP contribution in [0.3, 0.4) is 0 Å². The van der Waals surface area contributed by atoms with Gasteiger partial charge in [-0.15, -0.1) is 0 Å². The molecule has 0 spiro atoms. The summed E-state index contributed by atoms with van der Waals surface area (Å²) in [6.45, 7) is 4.41. The van der Waals surface area contributed by atoms with Crippen LogP contribution in [0.1, 0.15) is 37.8 Å². The predicted octanol–water partition coefficient (Wildman–Crippen LogP) is 5.68. The zero-order chi connectivity index (χ0) is 19.6. The van der Waals surface area contributed by atoms with Crippen LogP contribution >= 0.6 is 11.8 Å². The average Bonchev–Trinajstić information content (AvgIpc) is 2.70. The van der Waals surface area contributed by atoms with Crippen molar-refractivity contribution in [3.8, 4) is 5.75 Å². The first-order valence-corrected chi connectivity index (χ1v) is 10.6. The lowest BCUT2D eigenvalue weighted by atomic mass is 9.90. The predicted molar refractivity (Wildman–Crippen MR) is 113 cm³/mol. The number of hydrogen-bond acceptors (Lipinski definition) is 3. The highest BCUT2D eigenvalue weighted by Crippen LogP contribution is 2.32. The molecule has 3 atom stereocenters. The second-order valence-corrected chi connectivity index (χ2v) is 8.27. The molecular weight excluding hydrogens is 356 g/mol. The fourth-order valence-corrected chi connectivity index (χ4v) is 4.59. The fourth-order valence-electron chi connectivity index (χ4n) is 3.10. The van der Waals surface area contributed by atoms with Crippen molar-refractivity contribution in [2.45, 2.75) is 44.1 Å². The van der Waals surface area contributed by atoms with Gasteiger partial charge in [-0.3, -0.25) is 4.79 Å². The van der Waals surface area contributed by atoms with Gasteiger partial charge in [0.25, 0.3) is 0 Å². The summed E-state index contributed by atoms with van der Waals surface area (Å²) in [5, 5.41) is 10.1. The van der Waals surface area contributed by atoms with Gasteiger partial charge in [0.2, 0.25) is 0 Å². The van der Waals surface area contributed by atoms with Gasteiger partial charge in [-0.05, 0) is 42.0 Å². The highest BCUT2D eigenvalue weighted by atomic mass is 32.2. The van der Waals surface area contributed by atoms with E-state index in [1.165, 1.54) is 5.56 Å². The van der Waals surface area contributed by atoms with Crippen LogP contribution in [-0.4, -0.2) is 23.4 Å². The number of carboxylic acid groups (broad SMARTS) is 1. The molecule has 2 aromatic rings. The largest absolute Gasteiger partial charge is 0.497 e. The van der Waals surface area contributed by atoms with Crippen LogP contribution in [0.2, 0.25) is 0 Å². The monoisotopic (exact) mass is 386 g/mol. The molecular formula is C23H30O3S. The molecule has 0 heterocycles. The number of benzene rings is 2. The molecule has 0 amide bonds. The quantitative estimate of drug-likeness (QED) is 0.540. The molecule has 146 valence electrons. The molecule has 0 aliphatic heterocycles. The molecule has 0 radical (unpaired) electrons. The van der Waals surface area contributed by atoms with Gasteiger partial charge in [-0.1, -0.05) is 62.7 Å². The Morgan fingerprint density at radius 3 is 2.30 bits per heavy atom. The maximum Gasteiger partial charge on any atom is 0.306 e. The van der Waals surface area contributed by atoms with Gasteiger partial charge in [0.05, 0.1) is 13.0 Å². The van der Waals surface area contributed by atoms with Crippen LogP contribution in [0.5, 0.6) is 5.75 Å². The van der Waals surface area contributed by atoms with Gasteiger partial charge in [-0.25, -0.2) is 0 Å². The topological polar surface area (TPSA) is 46.5 Å². The highest BCUT2D eigenvalue weighted by Gasteiger charge is 2.26. The Labute approximate surface area is 167 Å². The van der Waals surface area contributed by atoms with Gasteiger partial charge in [0.1, 0.15) is 5.75 Å². The number of rotatable bonds is 11. The maximum atomic E-state index is 11.9. The van der Waals surface area contributed by atoms with E-state index in [2.05, 4.69) is 26.0 Å². The van der Waals surface area contributed by atoms with E-state index < -0.39 is 5.97 Å². The lowest BCUT2D eigenvalue weighted by molar-refractivity contribution is -0.142. The number of thioether (sulfide) groups is 1. The first-order valence-electron chi connectivity index (χ1n) is 9.54. The molecule has 0 aliphatic carbocycles. The first kappa shape index (κ1) is 21.4. The number of methoxy groups -OCH3 is 1. The van der Waals surface area contributed by atoms with E-state index in [9.17, 15) is 9.90 Å². The SMILES string of the molecule is CCC(C)C(CC(Cc1ccccc1)C(=O)O)SCc1ccc(OC)cc1. The van der Waals surface area contributed by atoms with Crippen molar-refractivity contribution in [1.82, 2.24) is 0 Å². The average molecular weight is 387 g/mol. The van der Waals surface area contributed by atoms with Gasteiger partial charge in [0, 0.05) is 11.0 Å². The third-order valence-corrected chi connectivity index (χ3v) is 6.68. The van der Waals surface area contributed by atoms with Crippen molar-refractivity contribution < 1.29 is 14.6 Å². The second kappa shape index (κ2) is 11.0. The third kappa shape index (κ3) is 6.94. The molecule has 0 saturated carbocycles. The molecule has 0 fully saturated rings. The summed E-state index contributed by atoms with van der Waals surface area (Å²) in [5.74, 6) is 1.17. The molecule has 2 rings (SSSR count). The molecule has 0 aromatic heterocycles. The molecule has 0 saturated heterocycles. The molecule has 1 N–H and O–H groups in total. The van der Waals surface area contributed by atoms with Gasteiger partial charge >= 0.3 is 5.97 Å². The number of ether oxygens (including phenoxy) is 1. The summed E-state index contributed by atoms with van der Waals surface area (Å²) < 4.78 is 5.21. The first-order chi connectivity index (χ1) is 13.0. The van der Waals surface area contributed by atoms with Crippen molar-refractivity contribution in [3.05, 3.63) is 65.7 Å². The molecule has 4 heteroatoms. The van der Waals surface area contributed by atoms with Crippen molar-refractivity contribution in [2.24, 2.45) is 11.8 Å². The van der Waals surface area contributed by atoms with Crippen LogP contribution in [0.4, 0.5) is 0 Å². The molecule has 3 nitrogen and oxygen atoms in total. The Bertz CT molecular complexity index is 685. The van der Waals surface area contributed by atoms with Crippen molar-refractivity contribution >= 4 is 17.7 Å². The second-order valence-electron chi connectivity index (χ2n) is 7.04. The zero-order valence-electron chi connectivity index (χ0n) is 16.4. The fraction of sp³-hybridized carbons (Fsp3) is 0.435. The van der Waals surface area contributed by atoms with E-state index in [0.717, 1.165) is 23.5 Å². The molecule has 0 aliphatic rings. The molecule has 27 heavy (non-hydrogen) atoms. The van der Waals surface area contributed by atoms with Crippen molar-refractivity contribution in [2.75, 3.05) is 7.11 Å². The molecule has 0 bridgehead atoms. The summed E-state index contributed by atoms with van der Waals surface area (Å²) in [5.41, 5.74) is 2.33. The highest BCUT2D eigenvalue weighted by molar-refractivity contribution is 7.99. The normalized spacial score (nSPS) is 14.3.